The van der Waals surface area contributed by atoms with Crippen LogP contribution in [0.4, 0.5) is 0 Å². The topological polar surface area (TPSA) is 46.4 Å². The Morgan fingerprint density at radius 3 is 2.80 bits per heavy atom. The number of hydrogen-bond donors (Lipinski definition) is 2. The molecule has 2 rings (SSSR count). The van der Waals surface area contributed by atoms with E-state index in [0.717, 1.165) is 12.5 Å². The van der Waals surface area contributed by atoms with Gasteiger partial charge in [-0.05, 0) is 30.9 Å². The number of hydrogen-bond acceptors (Lipinski definition) is 3. The first-order valence-electron chi connectivity index (χ1n) is 5.47. The van der Waals surface area contributed by atoms with Gasteiger partial charge in [-0.25, -0.2) is 0 Å². The first kappa shape index (κ1) is 10.5. The molecule has 1 aliphatic carbocycles. The van der Waals surface area contributed by atoms with E-state index in [0.29, 0.717) is 13.2 Å². The molecule has 0 amide bonds. The number of aromatic nitrogens is 1. The average molecular weight is 210 g/mol. The summed E-state index contributed by atoms with van der Waals surface area (Å²) in [4.78, 5) is 0. The zero-order valence-electron chi connectivity index (χ0n) is 8.80. The van der Waals surface area contributed by atoms with Gasteiger partial charge in [-0.1, -0.05) is 0 Å². The van der Waals surface area contributed by atoms with Crippen LogP contribution in [0.2, 0.25) is 0 Å². The Bertz CT molecular complexity index is 270. The molecule has 1 fully saturated rings. The summed E-state index contributed by atoms with van der Waals surface area (Å²) < 4.78 is 7.21. The van der Waals surface area contributed by atoms with Crippen molar-refractivity contribution in [3.05, 3.63) is 24.5 Å². The van der Waals surface area contributed by atoms with Gasteiger partial charge >= 0.3 is 0 Å². The molecule has 0 radical (unpaired) electrons. The Hall–Kier alpha value is -1.00. The number of nitrogens with one attached hydrogen (secondary N) is 1. The van der Waals surface area contributed by atoms with Gasteiger partial charge in [0.05, 0.1) is 19.3 Å². The third-order valence-electron chi connectivity index (χ3n) is 2.47. The van der Waals surface area contributed by atoms with Crippen molar-refractivity contribution in [1.29, 1.82) is 0 Å². The lowest BCUT2D eigenvalue weighted by Gasteiger charge is -2.13. The normalized spacial score (nSPS) is 17.7. The van der Waals surface area contributed by atoms with Crippen molar-refractivity contribution in [2.75, 3.05) is 25.2 Å². The van der Waals surface area contributed by atoms with Crippen molar-refractivity contribution in [3.8, 4) is 0 Å². The largest absolute Gasteiger partial charge is 0.389 e. The molecule has 1 aliphatic rings. The fourth-order valence-corrected chi connectivity index (χ4v) is 1.36. The highest BCUT2D eigenvalue weighted by Crippen LogP contribution is 2.28. The highest BCUT2D eigenvalue weighted by Gasteiger charge is 2.21. The van der Waals surface area contributed by atoms with Crippen molar-refractivity contribution in [1.82, 2.24) is 4.68 Å². The maximum absolute atomic E-state index is 9.58. The molecule has 15 heavy (non-hydrogen) atoms. The fourth-order valence-electron chi connectivity index (χ4n) is 1.36. The molecule has 1 heterocycles. The second-order valence-electron chi connectivity index (χ2n) is 4.09. The lowest BCUT2D eigenvalue weighted by molar-refractivity contribution is 0.0375. The molecular formula is C11H18N2O2. The van der Waals surface area contributed by atoms with Gasteiger partial charge < -0.3 is 15.3 Å². The van der Waals surface area contributed by atoms with Gasteiger partial charge in [0, 0.05) is 19.0 Å². The number of nitrogens with zero attached hydrogens (tertiary/aromatic N) is 1. The van der Waals surface area contributed by atoms with E-state index in [9.17, 15) is 5.11 Å². The third kappa shape index (κ3) is 3.93. The molecule has 0 aromatic carbocycles. The van der Waals surface area contributed by atoms with Crippen LogP contribution in [0, 0.1) is 5.92 Å². The number of ether oxygens (including phenoxy) is 1. The Morgan fingerprint density at radius 2 is 2.13 bits per heavy atom. The molecule has 1 aromatic rings. The SMILES string of the molecule is OC(CNn1cccc1)COCC1CC1. The van der Waals surface area contributed by atoms with Crippen LogP contribution in [0.25, 0.3) is 0 Å². The molecule has 0 saturated heterocycles. The molecular weight excluding hydrogens is 192 g/mol. The van der Waals surface area contributed by atoms with Crippen molar-refractivity contribution < 1.29 is 9.84 Å². The maximum Gasteiger partial charge on any atom is 0.0961 e. The van der Waals surface area contributed by atoms with Crippen LogP contribution in [0.1, 0.15) is 12.8 Å². The summed E-state index contributed by atoms with van der Waals surface area (Å²) in [5.41, 5.74) is 3.06. The molecule has 2 N–H and O–H groups in total. The van der Waals surface area contributed by atoms with Crippen molar-refractivity contribution in [3.63, 3.8) is 0 Å². The predicted octanol–water partition coefficient (Wildman–Crippen LogP) is 0.819. The molecule has 0 spiro atoms. The smallest absolute Gasteiger partial charge is 0.0961 e. The Balaban J connectivity index is 1.53. The molecule has 1 saturated carbocycles. The van der Waals surface area contributed by atoms with E-state index in [-0.39, 0.29) is 0 Å². The number of rotatable bonds is 7. The molecule has 1 atom stereocenters. The summed E-state index contributed by atoms with van der Waals surface area (Å²) in [6.45, 7) is 1.74. The van der Waals surface area contributed by atoms with Crippen LogP contribution in [-0.2, 0) is 4.74 Å². The van der Waals surface area contributed by atoms with Crippen LogP contribution >= 0.6 is 0 Å². The summed E-state index contributed by atoms with van der Waals surface area (Å²) >= 11 is 0. The van der Waals surface area contributed by atoms with Crippen molar-refractivity contribution in [2.45, 2.75) is 18.9 Å². The van der Waals surface area contributed by atoms with E-state index in [4.69, 9.17) is 4.74 Å². The van der Waals surface area contributed by atoms with E-state index in [1.54, 1.807) is 0 Å². The molecule has 1 aromatic heterocycles. The number of aliphatic hydroxyl groups is 1. The third-order valence-corrected chi connectivity index (χ3v) is 2.47. The second-order valence-corrected chi connectivity index (χ2v) is 4.09. The predicted molar refractivity (Wildman–Crippen MR) is 58.2 cm³/mol. The van der Waals surface area contributed by atoms with Crippen LogP contribution in [0.15, 0.2) is 24.5 Å². The maximum atomic E-state index is 9.58. The fraction of sp³-hybridized carbons (Fsp3) is 0.636. The molecule has 84 valence electrons. The minimum absolute atomic E-state index is 0.421. The average Bonchev–Trinajstić information content (AvgIpc) is 2.91. The monoisotopic (exact) mass is 210 g/mol. The first-order valence-corrected chi connectivity index (χ1v) is 5.47. The van der Waals surface area contributed by atoms with E-state index in [1.807, 2.05) is 29.2 Å². The quantitative estimate of drug-likeness (QED) is 0.700. The molecule has 1 unspecified atom stereocenters. The van der Waals surface area contributed by atoms with Crippen LogP contribution in [0.3, 0.4) is 0 Å². The van der Waals surface area contributed by atoms with Gasteiger partial charge in [-0.2, -0.15) is 0 Å². The van der Waals surface area contributed by atoms with Crippen LogP contribution in [-0.4, -0.2) is 35.6 Å². The van der Waals surface area contributed by atoms with Crippen molar-refractivity contribution in [2.24, 2.45) is 5.92 Å². The Morgan fingerprint density at radius 1 is 1.40 bits per heavy atom. The summed E-state index contributed by atoms with van der Waals surface area (Å²) in [5.74, 6) is 0.759. The highest BCUT2D eigenvalue weighted by atomic mass is 16.5. The van der Waals surface area contributed by atoms with Crippen LogP contribution in [0.5, 0.6) is 0 Å². The number of aliphatic hydroxyl groups excluding tert-OH is 1. The summed E-state index contributed by atoms with van der Waals surface area (Å²) in [5, 5.41) is 9.58. The lowest BCUT2D eigenvalue weighted by atomic mass is 10.4. The van der Waals surface area contributed by atoms with Gasteiger partial charge in [0.25, 0.3) is 0 Å². The van der Waals surface area contributed by atoms with E-state index in [2.05, 4.69) is 5.43 Å². The van der Waals surface area contributed by atoms with Gasteiger partial charge in [0.2, 0.25) is 0 Å². The highest BCUT2D eigenvalue weighted by molar-refractivity contribution is 4.93. The van der Waals surface area contributed by atoms with Crippen molar-refractivity contribution >= 4 is 0 Å². The Kier molecular flexibility index (Phi) is 3.64. The second kappa shape index (κ2) is 5.19. The lowest BCUT2D eigenvalue weighted by Crippen LogP contribution is -2.29. The molecule has 4 heteroatoms. The van der Waals surface area contributed by atoms with Gasteiger partial charge in [0.15, 0.2) is 0 Å². The molecule has 4 nitrogen and oxygen atoms in total. The van der Waals surface area contributed by atoms with Gasteiger partial charge in [-0.3, -0.25) is 4.68 Å². The zero-order valence-corrected chi connectivity index (χ0v) is 8.80. The van der Waals surface area contributed by atoms with Crippen LogP contribution < -0.4 is 5.43 Å². The van der Waals surface area contributed by atoms with E-state index < -0.39 is 6.10 Å². The van der Waals surface area contributed by atoms with Gasteiger partial charge in [0.1, 0.15) is 0 Å². The molecule has 0 bridgehead atoms. The Labute approximate surface area is 89.8 Å². The standard InChI is InChI=1S/C11H18N2O2/c14-11(9-15-8-10-3-4-10)7-12-13-5-1-2-6-13/h1-2,5-6,10-12,14H,3-4,7-9H2. The summed E-state index contributed by atoms with van der Waals surface area (Å²) in [6, 6.07) is 3.87. The molecule has 0 aliphatic heterocycles. The zero-order chi connectivity index (χ0) is 10.5. The minimum Gasteiger partial charge on any atom is -0.389 e. The first-order chi connectivity index (χ1) is 7.34. The summed E-state index contributed by atoms with van der Waals surface area (Å²) in [6.07, 6.45) is 5.94. The minimum atomic E-state index is -0.439. The summed E-state index contributed by atoms with van der Waals surface area (Å²) in [7, 11) is 0. The van der Waals surface area contributed by atoms with E-state index in [1.165, 1.54) is 12.8 Å². The van der Waals surface area contributed by atoms with Gasteiger partial charge in [-0.15, -0.1) is 0 Å². The van der Waals surface area contributed by atoms with E-state index >= 15 is 0 Å².